The number of nitrogens with zero attached hydrogens (tertiary/aromatic N) is 2. The molecule has 0 atom stereocenters. The molecule has 2 aromatic rings. The Labute approximate surface area is 160 Å². The number of rotatable bonds is 6. The predicted molar refractivity (Wildman–Crippen MR) is 105 cm³/mol. The second kappa shape index (κ2) is 8.37. The van der Waals surface area contributed by atoms with E-state index in [1.807, 2.05) is 49.6 Å². The average Bonchev–Trinajstić information content (AvgIpc) is 3.05. The highest BCUT2D eigenvalue weighted by atomic mass is 16.2. The van der Waals surface area contributed by atoms with E-state index in [2.05, 4.69) is 15.6 Å². The Morgan fingerprint density at radius 1 is 1.11 bits per heavy atom. The molecule has 1 aromatic heterocycles. The molecule has 0 radical (unpaired) electrons. The smallest absolute Gasteiger partial charge is 0.287 e. The van der Waals surface area contributed by atoms with Crippen LogP contribution in [0, 0.1) is 12.8 Å². The largest absolute Gasteiger partial charge is 0.350 e. The van der Waals surface area contributed by atoms with Crippen LogP contribution in [0.1, 0.15) is 64.6 Å². The Morgan fingerprint density at radius 2 is 1.85 bits per heavy atom. The SMILES string of the molecule is Cc1ccc(CNC(=O)c2nc(C(=O)NCC(C)C)c3n2CCCC3)cc1. The summed E-state index contributed by atoms with van der Waals surface area (Å²) in [6.45, 7) is 7.90. The molecule has 6 heteroatoms. The van der Waals surface area contributed by atoms with E-state index in [-0.39, 0.29) is 11.8 Å². The van der Waals surface area contributed by atoms with Gasteiger partial charge < -0.3 is 15.2 Å². The van der Waals surface area contributed by atoms with Crippen molar-refractivity contribution in [2.45, 2.75) is 53.1 Å². The molecule has 0 saturated heterocycles. The van der Waals surface area contributed by atoms with Crippen molar-refractivity contribution in [1.82, 2.24) is 20.2 Å². The Hall–Kier alpha value is -2.63. The van der Waals surface area contributed by atoms with Gasteiger partial charge in [-0.05, 0) is 37.7 Å². The zero-order valence-electron chi connectivity index (χ0n) is 16.3. The molecule has 3 rings (SSSR count). The van der Waals surface area contributed by atoms with Gasteiger partial charge >= 0.3 is 0 Å². The van der Waals surface area contributed by atoms with E-state index in [0.29, 0.717) is 30.5 Å². The standard InChI is InChI=1S/C21H28N4O2/c1-14(2)12-22-20(26)18-17-6-4-5-11-25(17)19(24-18)21(27)23-13-16-9-7-15(3)8-10-16/h7-10,14H,4-6,11-13H2,1-3H3,(H,22,26)(H,23,27). The molecule has 0 aliphatic carbocycles. The highest BCUT2D eigenvalue weighted by Crippen LogP contribution is 2.21. The first-order valence-corrected chi connectivity index (χ1v) is 9.67. The molecule has 2 N–H and O–H groups in total. The van der Waals surface area contributed by atoms with Gasteiger partial charge in [0, 0.05) is 19.6 Å². The highest BCUT2D eigenvalue weighted by Gasteiger charge is 2.27. The van der Waals surface area contributed by atoms with Crippen molar-refractivity contribution in [3.63, 3.8) is 0 Å². The van der Waals surface area contributed by atoms with Crippen molar-refractivity contribution >= 4 is 11.8 Å². The second-order valence-electron chi connectivity index (χ2n) is 7.61. The lowest BCUT2D eigenvalue weighted by molar-refractivity contribution is 0.0935. The fraction of sp³-hybridized carbons (Fsp3) is 0.476. The number of aryl methyl sites for hydroxylation is 1. The van der Waals surface area contributed by atoms with E-state index in [0.717, 1.165) is 37.1 Å². The van der Waals surface area contributed by atoms with E-state index in [9.17, 15) is 9.59 Å². The number of carbonyl (C=O) groups is 2. The monoisotopic (exact) mass is 368 g/mol. The first kappa shape index (κ1) is 19.1. The topological polar surface area (TPSA) is 76.0 Å². The molecule has 2 amide bonds. The number of fused-ring (bicyclic) bond motifs is 1. The van der Waals surface area contributed by atoms with Gasteiger partial charge in [-0.2, -0.15) is 0 Å². The molecule has 1 aromatic carbocycles. The summed E-state index contributed by atoms with van der Waals surface area (Å²) >= 11 is 0. The highest BCUT2D eigenvalue weighted by molar-refractivity contribution is 5.97. The molecule has 1 aliphatic rings. The van der Waals surface area contributed by atoms with Crippen molar-refractivity contribution in [1.29, 1.82) is 0 Å². The van der Waals surface area contributed by atoms with Crippen molar-refractivity contribution in [2.75, 3.05) is 6.54 Å². The number of hydrogen-bond donors (Lipinski definition) is 2. The Kier molecular flexibility index (Phi) is 5.94. The van der Waals surface area contributed by atoms with Crippen molar-refractivity contribution in [3.05, 3.63) is 52.6 Å². The minimum absolute atomic E-state index is 0.188. The summed E-state index contributed by atoms with van der Waals surface area (Å²) in [6, 6.07) is 8.05. The molecule has 1 aliphatic heterocycles. The molecular weight excluding hydrogens is 340 g/mol. The third-order valence-electron chi connectivity index (χ3n) is 4.78. The van der Waals surface area contributed by atoms with E-state index in [1.54, 1.807) is 0 Å². The summed E-state index contributed by atoms with van der Waals surface area (Å²) in [5.41, 5.74) is 3.50. The number of benzene rings is 1. The summed E-state index contributed by atoms with van der Waals surface area (Å²) in [5, 5.41) is 5.85. The third-order valence-corrected chi connectivity index (χ3v) is 4.78. The van der Waals surface area contributed by atoms with Gasteiger partial charge in [0.15, 0.2) is 5.82 Å². The first-order chi connectivity index (χ1) is 13.0. The summed E-state index contributed by atoms with van der Waals surface area (Å²) in [5.74, 6) is 0.282. The molecule has 144 valence electrons. The molecule has 2 heterocycles. The number of amides is 2. The van der Waals surface area contributed by atoms with Crippen LogP contribution in [0.5, 0.6) is 0 Å². The van der Waals surface area contributed by atoms with E-state index >= 15 is 0 Å². The van der Waals surface area contributed by atoms with E-state index in [1.165, 1.54) is 5.56 Å². The molecule has 0 saturated carbocycles. The summed E-state index contributed by atoms with van der Waals surface area (Å²) in [4.78, 5) is 29.7. The zero-order valence-corrected chi connectivity index (χ0v) is 16.3. The fourth-order valence-corrected chi connectivity index (χ4v) is 3.25. The van der Waals surface area contributed by atoms with Gasteiger partial charge in [-0.25, -0.2) is 4.98 Å². The summed E-state index contributed by atoms with van der Waals surface area (Å²) < 4.78 is 1.91. The van der Waals surface area contributed by atoms with Crippen molar-refractivity contribution < 1.29 is 9.59 Å². The van der Waals surface area contributed by atoms with Gasteiger partial charge in [0.05, 0.1) is 5.69 Å². The second-order valence-corrected chi connectivity index (χ2v) is 7.61. The maximum Gasteiger partial charge on any atom is 0.287 e. The first-order valence-electron chi connectivity index (χ1n) is 9.67. The van der Waals surface area contributed by atoms with E-state index in [4.69, 9.17) is 0 Å². The van der Waals surface area contributed by atoms with Gasteiger partial charge in [-0.1, -0.05) is 43.7 Å². The summed E-state index contributed by atoms with van der Waals surface area (Å²) in [7, 11) is 0. The molecular formula is C21H28N4O2. The maximum atomic E-state index is 12.7. The van der Waals surface area contributed by atoms with Gasteiger partial charge in [-0.15, -0.1) is 0 Å². The van der Waals surface area contributed by atoms with Gasteiger partial charge in [0.2, 0.25) is 0 Å². The van der Waals surface area contributed by atoms with Crippen LogP contribution in [0.25, 0.3) is 0 Å². The minimum atomic E-state index is -0.235. The van der Waals surface area contributed by atoms with Crippen LogP contribution in [0.3, 0.4) is 0 Å². The van der Waals surface area contributed by atoms with Crippen LogP contribution < -0.4 is 10.6 Å². The maximum absolute atomic E-state index is 12.7. The average molecular weight is 368 g/mol. The van der Waals surface area contributed by atoms with Crippen LogP contribution in [-0.2, 0) is 19.5 Å². The lowest BCUT2D eigenvalue weighted by Gasteiger charge is -2.17. The molecule has 0 spiro atoms. The number of hydrogen-bond acceptors (Lipinski definition) is 3. The fourth-order valence-electron chi connectivity index (χ4n) is 3.25. The molecule has 6 nitrogen and oxygen atoms in total. The Morgan fingerprint density at radius 3 is 2.56 bits per heavy atom. The zero-order chi connectivity index (χ0) is 19.4. The molecule has 0 unspecified atom stereocenters. The quantitative estimate of drug-likeness (QED) is 0.823. The van der Waals surface area contributed by atoms with Crippen LogP contribution in [0.2, 0.25) is 0 Å². The van der Waals surface area contributed by atoms with Gasteiger partial charge in [0.1, 0.15) is 5.69 Å². The molecule has 0 bridgehead atoms. The minimum Gasteiger partial charge on any atom is -0.350 e. The number of carbonyl (C=O) groups excluding carboxylic acids is 2. The third kappa shape index (κ3) is 4.56. The Bertz CT molecular complexity index is 821. The number of nitrogens with one attached hydrogen (secondary N) is 2. The lowest BCUT2D eigenvalue weighted by Crippen LogP contribution is -2.29. The van der Waals surface area contributed by atoms with Crippen LogP contribution in [-0.4, -0.2) is 27.9 Å². The lowest BCUT2D eigenvalue weighted by atomic mass is 10.1. The van der Waals surface area contributed by atoms with Crippen LogP contribution in [0.4, 0.5) is 0 Å². The number of imidazole rings is 1. The van der Waals surface area contributed by atoms with E-state index < -0.39 is 0 Å². The van der Waals surface area contributed by atoms with Crippen LogP contribution >= 0.6 is 0 Å². The normalized spacial score (nSPS) is 13.3. The summed E-state index contributed by atoms with van der Waals surface area (Å²) in [6.07, 6.45) is 2.79. The van der Waals surface area contributed by atoms with Crippen molar-refractivity contribution in [3.8, 4) is 0 Å². The number of aromatic nitrogens is 2. The van der Waals surface area contributed by atoms with Crippen LogP contribution in [0.15, 0.2) is 24.3 Å². The molecule has 27 heavy (non-hydrogen) atoms. The Balaban J connectivity index is 1.76. The van der Waals surface area contributed by atoms with Gasteiger partial charge in [0.25, 0.3) is 11.8 Å². The molecule has 0 fully saturated rings. The van der Waals surface area contributed by atoms with Crippen molar-refractivity contribution in [2.24, 2.45) is 5.92 Å². The predicted octanol–water partition coefficient (Wildman–Crippen LogP) is 2.84. The van der Waals surface area contributed by atoms with Gasteiger partial charge in [-0.3, -0.25) is 9.59 Å².